The van der Waals surface area contributed by atoms with Crippen LogP contribution in [0.1, 0.15) is 32.5 Å². The van der Waals surface area contributed by atoms with Gasteiger partial charge < -0.3 is 5.73 Å². The van der Waals surface area contributed by atoms with Crippen molar-refractivity contribution in [3.8, 4) is 0 Å². The maximum atomic E-state index is 5.86. The number of hydrogen-bond acceptors (Lipinski definition) is 4. The third-order valence-corrected chi connectivity index (χ3v) is 3.71. The number of likely N-dealkylation sites (tertiary alicyclic amines) is 1. The van der Waals surface area contributed by atoms with Crippen LogP contribution in [-0.2, 0) is 13.1 Å². The summed E-state index contributed by atoms with van der Waals surface area (Å²) in [4.78, 5) is 6.81. The van der Waals surface area contributed by atoms with Crippen molar-refractivity contribution in [2.75, 3.05) is 13.1 Å². The zero-order chi connectivity index (χ0) is 12.3. The van der Waals surface area contributed by atoms with Gasteiger partial charge in [0.2, 0.25) is 0 Å². The minimum Gasteiger partial charge on any atom is -0.329 e. The van der Waals surface area contributed by atoms with Crippen molar-refractivity contribution in [2.24, 2.45) is 11.7 Å². The molecule has 0 saturated carbocycles. The van der Waals surface area contributed by atoms with Crippen LogP contribution in [0.4, 0.5) is 0 Å². The van der Waals surface area contributed by atoms with Gasteiger partial charge in [-0.05, 0) is 25.3 Å². The Morgan fingerprint density at radius 1 is 1.53 bits per heavy atom. The van der Waals surface area contributed by atoms with E-state index in [4.69, 9.17) is 5.73 Å². The summed E-state index contributed by atoms with van der Waals surface area (Å²) in [6.45, 7) is 8.14. The number of nitrogens with zero attached hydrogens (tertiary/aromatic N) is 4. The van der Waals surface area contributed by atoms with E-state index in [0.29, 0.717) is 12.0 Å². The Morgan fingerprint density at radius 3 is 3.06 bits per heavy atom. The second-order valence-electron chi connectivity index (χ2n) is 4.94. The fourth-order valence-electron chi connectivity index (χ4n) is 2.66. The zero-order valence-corrected chi connectivity index (χ0v) is 10.8. The molecule has 5 nitrogen and oxygen atoms in total. The highest BCUT2D eigenvalue weighted by atomic mass is 15.4. The van der Waals surface area contributed by atoms with Gasteiger partial charge in [0, 0.05) is 19.1 Å². The summed E-state index contributed by atoms with van der Waals surface area (Å²) < 4.78 is 2.01. The molecule has 0 aliphatic carbocycles. The minimum absolute atomic E-state index is 0.502. The lowest BCUT2D eigenvalue weighted by molar-refractivity contribution is 0.219. The average Bonchev–Trinajstić information content (AvgIpc) is 2.88. The number of nitrogens with two attached hydrogens (primary N) is 1. The van der Waals surface area contributed by atoms with Crippen molar-refractivity contribution in [2.45, 2.75) is 45.8 Å². The van der Waals surface area contributed by atoms with Crippen molar-refractivity contribution in [3.63, 3.8) is 0 Å². The van der Waals surface area contributed by atoms with Crippen LogP contribution in [0.15, 0.2) is 6.33 Å². The molecular weight excluding hydrogens is 214 g/mol. The summed E-state index contributed by atoms with van der Waals surface area (Å²) in [5.41, 5.74) is 5.86. The first kappa shape index (κ1) is 12.5. The van der Waals surface area contributed by atoms with Gasteiger partial charge in [0.25, 0.3) is 0 Å². The molecule has 2 N–H and O–H groups in total. The predicted octanol–water partition coefficient (Wildman–Crippen LogP) is 0.857. The van der Waals surface area contributed by atoms with Gasteiger partial charge in [-0.15, -0.1) is 0 Å². The van der Waals surface area contributed by atoms with Gasteiger partial charge in [0.15, 0.2) is 0 Å². The maximum absolute atomic E-state index is 5.86. The SMILES string of the molecule is CCCn1ncnc1CN1CCC(C)C1CN. The van der Waals surface area contributed by atoms with Gasteiger partial charge in [-0.1, -0.05) is 13.8 Å². The third kappa shape index (κ3) is 2.66. The van der Waals surface area contributed by atoms with Crippen molar-refractivity contribution in [1.82, 2.24) is 19.7 Å². The molecular formula is C12H23N5. The lowest BCUT2D eigenvalue weighted by atomic mass is 10.0. The van der Waals surface area contributed by atoms with Crippen LogP contribution in [0.3, 0.4) is 0 Å². The predicted molar refractivity (Wildman–Crippen MR) is 67.3 cm³/mol. The Bertz CT molecular complexity index is 348. The lowest BCUT2D eigenvalue weighted by Gasteiger charge is -2.25. The van der Waals surface area contributed by atoms with E-state index in [0.717, 1.165) is 38.4 Å². The molecule has 0 bridgehead atoms. The molecule has 2 atom stereocenters. The molecule has 1 aliphatic heterocycles. The molecule has 0 radical (unpaired) electrons. The number of aromatic nitrogens is 3. The van der Waals surface area contributed by atoms with E-state index in [-0.39, 0.29) is 0 Å². The Labute approximate surface area is 103 Å². The topological polar surface area (TPSA) is 60.0 Å². The van der Waals surface area contributed by atoms with Gasteiger partial charge in [-0.3, -0.25) is 4.90 Å². The minimum atomic E-state index is 0.502. The van der Waals surface area contributed by atoms with Crippen molar-refractivity contribution >= 4 is 0 Å². The quantitative estimate of drug-likeness (QED) is 0.825. The van der Waals surface area contributed by atoms with Crippen LogP contribution < -0.4 is 5.73 Å². The van der Waals surface area contributed by atoms with E-state index >= 15 is 0 Å². The van der Waals surface area contributed by atoms with Gasteiger partial charge in [-0.25, -0.2) is 9.67 Å². The molecule has 1 aromatic rings. The summed E-state index contributed by atoms with van der Waals surface area (Å²) in [6, 6.07) is 0.502. The fourth-order valence-corrected chi connectivity index (χ4v) is 2.66. The Balaban J connectivity index is 2.02. The van der Waals surface area contributed by atoms with Crippen LogP contribution in [0, 0.1) is 5.92 Å². The number of hydrogen-bond donors (Lipinski definition) is 1. The average molecular weight is 237 g/mol. The number of rotatable bonds is 5. The first-order valence-corrected chi connectivity index (χ1v) is 6.57. The van der Waals surface area contributed by atoms with Crippen LogP contribution in [0.25, 0.3) is 0 Å². The highest BCUT2D eigenvalue weighted by Crippen LogP contribution is 2.24. The first-order valence-electron chi connectivity index (χ1n) is 6.57. The lowest BCUT2D eigenvalue weighted by Crippen LogP contribution is -2.38. The van der Waals surface area contributed by atoms with E-state index < -0.39 is 0 Å². The molecule has 1 fully saturated rings. The summed E-state index contributed by atoms with van der Waals surface area (Å²) in [7, 11) is 0. The molecule has 0 spiro atoms. The normalized spacial score (nSPS) is 25.6. The Kier molecular flexibility index (Phi) is 4.12. The van der Waals surface area contributed by atoms with Crippen molar-refractivity contribution < 1.29 is 0 Å². The molecule has 1 aliphatic rings. The highest BCUT2D eigenvalue weighted by Gasteiger charge is 2.30. The van der Waals surface area contributed by atoms with Crippen molar-refractivity contribution in [1.29, 1.82) is 0 Å². The summed E-state index contributed by atoms with van der Waals surface area (Å²) in [6.07, 6.45) is 3.98. The molecule has 2 heterocycles. The molecule has 0 aromatic carbocycles. The highest BCUT2D eigenvalue weighted by molar-refractivity contribution is 4.91. The van der Waals surface area contributed by atoms with E-state index in [9.17, 15) is 0 Å². The van der Waals surface area contributed by atoms with Crippen molar-refractivity contribution in [3.05, 3.63) is 12.2 Å². The van der Waals surface area contributed by atoms with Gasteiger partial charge in [-0.2, -0.15) is 5.10 Å². The van der Waals surface area contributed by atoms with Crippen LogP contribution in [-0.4, -0.2) is 38.8 Å². The number of aryl methyl sites for hydroxylation is 1. The first-order chi connectivity index (χ1) is 8.26. The van der Waals surface area contributed by atoms with E-state index in [2.05, 4.69) is 28.8 Å². The Morgan fingerprint density at radius 2 is 2.35 bits per heavy atom. The molecule has 1 aromatic heterocycles. The molecule has 2 unspecified atom stereocenters. The smallest absolute Gasteiger partial charge is 0.141 e. The van der Waals surface area contributed by atoms with Crippen LogP contribution in [0.5, 0.6) is 0 Å². The maximum Gasteiger partial charge on any atom is 0.141 e. The molecule has 17 heavy (non-hydrogen) atoms. The zero-order valence-electron chi connectivity index (χ0n) is 10.8. The summed E-state index contributed by atoms with van der Waals surface area (Å²) in [5, 5.41) is 4.27. The van der Waals surface area contributed by atoms with Crippen LogP contribution >= 0.6 is 0 Å². The second-order valence-corrected chi connectivity index (χ2v) is 4.94. The summed E-state index contributed by atoms with van der Waals surface area (Å²) >= 11 is 0. The molecule has 1 saturated heterocycles. The standard InChI is InChI=1S/C12H23N5/c1-3-5-17-12(14-9-15-17)8-16-6-4-10(2)11(16)7-13/h9-11H,3-8,13H2,1-2H3. The monoisotopic (exact) mass is 237 g/mol. The van der Waals surface area contributed by atoms with E-state index in [1.165, 1.54) is 6.42 Å². The Hall–Kier alpha value is -0.940. The van der Waals surface area contributed by atoms with Gasteiger partial charge in [0.1, 0.15) is 12.2 Å². The summed E-state index contributed by atoms with van der Waals surface area (Å²) in [5.74, 6) is 1.77. The van der Waals surface area contributed by atoms with E-state index in [1.807, 2.05) is 4.68 Å². The van der Waals surface area contributed by atoms with Gasteiger partial charge >= 0.3 is 0 Å². The molecule has 5 heteroatoms. The van der Waals surface area contributed by atoms with Gasteiger partial charge in [0.05, 0.1) is 6.54 Å². The fraction of sp³-hybridized carbons (Fsp3) is 0.833. The molecule has 0 amide bonds. The third-order valence-electron chi connectivity index (χ3n) is 3.71. The molecule has 96 valence electrons. The van der Waals surface area contributed by atoms with E-state index in [1.54, 1.807) is 6.33 Å². The largest absolute Gasteiger partial charge is 0.329 e. The second kappa shape index (κ2) is 5.60. The molecule has 2 rings (SSSR count). The van der Waals surface area contributed by atoms with Crippen LogP contribution in [0.2, 0.25) is 0 Å².